The number of likely N-dealkylation sites (tertiary alicyclic amines) is 1. The van der Waals surface area contributed by atoms with Gasteiger partial charge >= 0.3 is 0 Å². The minimum absolute atomic E-state index is 0. The van der Waals surface area contributed by atoms with Crippen molar-refractivity contribution in [3.8, 4) is 5.75 Å². The van der Waals surface area contributed by atoms with E-state index in [0.29, 0.717) is 12.0 Å². The number of methoxy groups -OCH3 is 1. The Balaban J connectivity index is 0.00000320. The van der Waals surface area contributed by atoms with Gasteiger partial charge in [-0.15, -0.1) is 24.0 Å². The van der Waals surface area contributed by atoms with Gasteiger partial charge in [0, 0.05) is 39.1 Å². The van der Waals surface area contributed by atoms with Gasteiger partial charge in [-0.25, -0.2) is 0 Å². The highest BCUT2D eigenvalue weighted by Gasteiger charge is 2.23. The van der Waals surface area contributed by atoms with E-state index in [1.807, 2.05) is 42.3 Å². The summed E-state index contributed by atoms with van der Waals surface area (Å²) < 4.78 is 7.29. The van der Waals surface area contributed by atoms with Crippen LogP contribution in [-0.2, 0) is 6.54 Å². The summed E-state index contributed by atoms with van der Waals surface area (Å²) in [4.78, 5) is 6.97. The van der Waals surface area contributed by atoms with Gasteiger partial charge in [-0.3, -0.25) is 14.6 Å². The van der Waals surface area contributed by atoms with E-state index in [9.17, 15) is 0 Å². The number of benzene rings is 1. The van der Waals surface area contributed by atoms with Gasteiger partial charge in [0.15, 0.2) is 5.96 Å². The third kappa shape index (κ3) is 7.16. The van der Waals surface area contributed by atoms with Gasteiger partial charge < -0.3 is 15.4 Å². The Hall–Kier alpha value is -1.81. The average molecular weight is 526 g/mol. The molecule has 1 aliphatic rings. The summed E-state index contributed by atoms with van der Waals surface area (Å²) >= 11 is 0. The van der Waals surface area contributed by atoms with Gasteiger partial charge in [-0.05, 0) is 55.6 Å². The van der Waals surface area contributed by atoms with Crippen molar-refractivity contribution in [3.05, 3.63) is 48.3 Å². The molecule has 1 aromatic carbocycles. The highest BCUT2D eigenvalue weighted by molar-refractivity contribution is 14.0. The minimum Gasteiger partial charge on any atom is -0.497 e. The molecule has 2 atom stereocenters. The van der Waals surface area contributed by atoms with Gasteiger partial charge in [0.25, 0.3) is 0 Å². The van der Waals surface area contributed by atoms with E-state index in [2.05, 4.69) is 44.7 Å². The predicted molar refractivity (Wildman–Crippen MR) is 133 cm³/mol. The Kier molecular flexibility index (Phi) is 10.4. The molecule has 2 aromatic rings. The molecule has 166 valence electrons. The maximum absolute atomic E-state index is 5.32. The molecule has 2 unspecified atom stereocenters. The molecule has 0 radical (unpaired) electrons. The quantitative estimate of drug-likeness (QED) is 0.299. The minimum atomic E-state index is 0. The van der Waals surface area contributed by atoms with Crippen LogP contribution in [0.25, 0.3) is 0 Å². The molecule has 8 heteroatoms. The highest BCUT2D eigenvalue weighted by Crippen LogP contribution is 2.26. The summed E-state index contributed by atoms with van der Waals surface area (Å²) in [5, 5.41) is 11.3. The number of halogens is 1. The Morgan fingerprint density at radius 3 is 2.47 bits per heavy atom. The smallest absolute Gasteiger partial charge is 0.191 e. The lowest BCUT2D eigenvalue weighted by Crippen LogP contribution is -2.44. The van der Waals surface area contributed by atoms with Crippen molar-refractivity contribution in [1.82, 2.24) is 25.3 Å². The van der Waals surface area contributed by atoms with E-state index in [1.165, 1.54) is 18.4 Å². The number of aromatic nitrogens is 2. The molecule has 30 heavy (non-hydrogen) atoms. The van der Waals surface area contributed by atoms with Gasteiger partial charge in [0.1, 0.15) is 5.75 Å². The Labute approximate surface area is 197 Å². The molecule has 1 aromatic heterocycles. The lowest BCUT2D eigenvalue weighted by Gasteiger charge is -2.29. The summed E-state index contributed by atoms with van der Waals surface area (Å²) in [6, 6.07) is 10.7. The van der Waals surface area contributed by atoms with E-state index >= 15 is 0 Å². The summed E-state index contributed by atoms with van der Waals surface area (Å²) in [5.41, 5.74) is 1.31. The van der Waals surface area contributed by atoms with Crippen molar-refractivity contribution in [2.45, 2.75) is 32.4 Å². The number of rotatable bonds is 9. The summed E-state index contributed by atoms with van der Waals surface area (Å²) in [5.74, 6) is 2.19. The van der Waals surface area contributed by atoms with Crippen LogP contribution in [0.3, 0.4) is 0 Å². The third-order valence-corrected chi connectivity index (χ3v) is 5.44. The Morgan fingerprint density at radius 1 is 1.17 bits per heavy atom. The maximum atomic E-state index is 5.32. The van der Waals surface area contributed by atoms with Gasteiger partial charge in [0.2, 0.25) is 0 Å². The fourth-order valence-electron chi connectivity index (χ4n) is 3.81. The first-order valence-corrected chi connectivity index (χ1v) is 10.5. The third-order valence-electron chi connectivity index (χ3n) is 5.44. The summed E-state index contributed by atoms with van der Waals surface area (Å²) in [6.07, 6.45) is 6.35. The number of hydrogen-bond acceptors (Lipinski definition) is 4. The van der Waals surface area contributed by atoms with Crippen molar-refractivity contribution in [2.24, 2.45) is 10.9 Å². The van der Waals surface area contributed by atoms with Crippen LogP contribution in [0.5, 0.6) is 5.75 Å². The van der Waals surface area contributed by atoms with E-state index in [1.54, 1.807) is 7.11 Å². The van der Waals surface area contributed by atoms with Crippen LogP contribution in [0.2, 0.25) is 0 Å². The van der Waals surface area contributed by atoms with Crippen LogP contribution in [0, 0.1) is 5.92 Å². The molecule has 0 aliphatic carbocycles. The summed E-state index contributed by atoms with van der Waals surface area (Å²) in [6.45, 7) is 7.05. The maximum Gasteiger partial charge on any atom is 0.191 e. The molecule has 1 aliphatic heterocycles. The zero-order valence-corrected chi connectivity index (χ0v) is 20.6. The molecule has 2 N–H and O–H groups in total. The standard InChI is InChI=1S/C22H34N6O.HI/c1-18(17-28-14-6-11-26-28)15-24-22(23-2)25-16-21(27-12-4-5-13-27)19-7-9-20(29-3)10-8-19;/h6-11,14,18,21H,4-5,12-13,15-17H2,1-3H3,(H2,23,24,25);1H. The molecule has 1 saturated heterocycles. The first kappa shape index (κ1) is 24.5. The molecule has 2 heterocycles. The second-order valence-corrected chi connectivity index (χ2v) is 7.70. The van der Waals surface area contributed by atoms with Crippen LogP contribution < -0.4 is 15.4 Å². The fourth-order valence-corrected chi connectivity index (χ4v) is 3.81. The SMILES string of the molecule is CN=C(NCC(C)Cn1cccn1)NCC(c1ccc(OC)cc1)N1CCCC1.I. The second kappa shape index (κ2) is 12.8. The fraction of sp³-hybridized carbons (Fsp3) is 0.545. The molecule has 7 nitrogen and oxygen atoms in total. The van der Waals surface area contributed by atoms with E-state index in [-0.39, 0.29) is 24.0 Å². The average Bonchev–Trinajstić information content (AvgIpc) is 3.45. The van der Waals surface area contributed by atoms with Crippen molar-refractivity contribution in [1.29, 1.82) is 0 Å². The van der Waals surface area contributed by atoms with Crippen LogP contribution in [0.15, 0.2) is 47.7 Å². The first-order chi connectivity index (χ1) is 14.2. The molecular formula is C22H35IN6O. The molecule has 0 amide bonds. The van der Waals surface area contributed by atoms with Gasteiger partial charge in [0.05, 0.1) is 13.2 Å². The molecule has 0 saturated carbocycles. The Morgan fingerprint density at radius 2 is 1.87 bits per heavy atom. The molecule has 1 fully saturated rings. The molecular weight excluding hydrogens is 491 g/mol. The normalized spacial score (nSPS) is 16.6. The first-order valence-electron chi connectivity index (χ1n) is 10.5. The predicted octanol–water partition coefficient (Wildman–Crippen LogP) is 3.15. The largest absolute Gasteiger partial charge is 0.497 e. The number of ether oxygens (including phenoxy) is 1. The Bertz CT molecular complexity index is 743. The van der Waals surface area contributed by atoms with Gasteiger partial charge in [-0.2, -0.15) is 5.10 Å². The second-order valence-electron chi connectivity index (χ2n) is 7.70. The molecule has 0 bridgehead atoms. The monoisotopic (exact) mass is 526 g/mol. The molecule has 0 spiro atoms. The van der Waals surface area contributed by atoms with Crippen molar-refractivity contribution >= 4 is 29.9 Å². The van der Waals surface area contributed by atoms with Crippen molar-refractivity contribution in [2.75, 3.05) is 40.3 Å². The summed E-state index contributed by atoms with van der Waals surface area (Å²) in [7, 11) is 3.53. The van der Waals surface area contributed by atoms with Crippen LogP contribution >= 0.6 is 24.0 Å². The molecule has 3 rings (SSSR count). The lowest BCUT2D eigenvalue weighted by molar-refractivity contribution is 0.245. The van der Waals surface area contributed by atoms with Gasteiger partial charge in [-0.1, -0.05) is 19.1 Å². The van der Waals surface area contributed by atoms with Crippen LogP contribution in [0.1, 0.15) is 31.4 Å². The number of nitrogens with zero attached hydrogens (tertiary/aromatic N) is 4. The van der Waals surface area contributed by atoms with E-state index in [4.69, 9.17) is 4.74 Å². The van der Waals surface area contributed by atoms with Crippen molar-refractivity contribution in [3.63, 3.8) is 0 Å². The zero-order valence-electron chi connectivity index (χ0n) is 18.3. The van der Waals surface area contributed by atoms with E-state index < -0.39 is 0 Å². The van der Waals surface area contributed by atoms with E-state index in [0.717, 1.165) is 44.4 Å². The van der Waals surface area contributed by atoms with Crippen LogP contribution in [0.4, 0.5) is 0 Å². The number of guanidine groups is 1. The lowest BCUT2D eigenvalue weighted by atomic mass is 10.1. The van der Waals surface area contributed by atoms with Crippen LogP contribution in [-0.4, -0.2) is 61.0 Å². The number of aliphatic imine (C=N–C) groups is 1. The topological polar surface area (TPSA) is 66.7 Å². The highest BCUT2D eigenvalue weighted by atomic mass is 127. The van der Waals surface area contributed by atoms with Crippen molar-refractivity contribution < 1.29 is 4.74 Å². The number of nitrogens with one attached hydrogen (secondary N) is 2. The number of hydrogen-bond donors (Lipinski definition) is 2. The zero-order chi connectivity index (χ0) is 20.5.